The molecule has 2 heteroatoms. The number of carboxylic acids is 1. The Balaban J connectivity index is 3.69. The number of allylic oxidation sites excluding steroid dienone is 1. The van der Waals surface area contributed by atoms with Crippen LogP contribution in [0.5, 0.6) is 0 Å². The number of carbonyl (C=O) groups excluding carboxylic acids is 1. The lowest BCUT2D eigenvalue weighted by Crippen LogP contribution is -2.22. The van der Waals surface area contributed by atoms with Crippen molar-refractivity contribution in [1.82, 2.24) is 0 Å². The molecule has 0 heterocycles. The molecule has 0 amide bonds. The lowest BCUT2D eigenvalue weighted by Gasteiger charge is -1.99. The van der Waals surface area contributed by atoms with Gasteiger partial charge in [-0.2, -0.15) is 0 Å². The molecule has 0 aromatic rings. The van der Waals surface area contributed by atoms with Crippen LogP contribution in [0.3, 0.4) is 0 Å². The molecule has 52 valence electrons. The molecule has 0 radical (unpaired) electrons. The summed E-state index contributed by atoms with van der Waals surface area (Å²) in [6, 6.07) is 0. The Labute approximate surface area is 55.2 Å². The maximum Gasteiger partial charge on any atom is 0.0668 e. The second-order valence-corrected chi connectivity index (χ2v) is 1.96. The molecule has 0 aromatic heterocycles. The molecule has 0 aromatic carbocycles. The van der Waals surface area contributed by atoms with Crippen LogP contribution in [0.4, 0.5) is 0 Å². The predicted octanol–water partition coefficient (Wildman–Crippen LogP) is 0.483. The quantitative estimate of drug-likeness (QED) is 0.517. The minimum atomic E-state index is -1.07. The summed E-state index contributed by atoms with van der Waals surface area (Å²) in [5, 5.41) is 10.0. The maximum absolute atomic E-state index is 10.0. The van der Waals surface area contributed by atoms with Crippen molar-refractivity contribution in [3.05, 3.63) is 11.6 Å². The second kappa shape index (κ2) is 4.13. The zero-order chi connectivity index (χ0) is 7.28. The summed E-state index contributed by atoms with van der Waals surface area (Å²) >= 11 is 0. The summed E-state index contributed by atoms with van der Waals surface area (Å²) in [6.45, 7) is 3.55. The van der Waals surface area contributed by atoms with Crippen LogP contribution in [-0.4, -0.2) is 5.97 Å². The van der Waals surface area contributed by atoms with Crippen LogP contribution < -0.4 is 5.11 Å². The van der Waals surface area contributed by atoms with Crippen LogP contribution in [0.2, 0.25) is 0 Å². The molecule has 0 N–H and O–H groups in total. The molecule has 9 heavy (non-hydrogen) atoms. The molecule has 0 aliphatic heterocycles. The van der Waals surface area contributed by atoms with Crippen molar-refractivity contribution in [2.75, 3.05) is 0 Å². The van der Waals surface area contributed by atoms with E-state index in [-0.39, 0.29) is 0 Å². The van der Waals surface area contributed by atoms with Gasteiger partial charge in [0.05, 0.1) is 5.97 Å². The summed E-state index contributed by atoms with van der Waals surface area (Å²) < 4.78 is 0. The van der Waals surface area contributed by atoms with Crippen LogP contribution in [-0.2, 0) is 4.79 Å². The van der Waals surface area contributed by atoms with E-state index in [9.17, 15) is 9.90 Å². The third kappa shape index (κ3) is 3.76. The average Bonchev–Trinajstić information content (AvgIpc) is 1.82. The van der Waals surface area contributed by atoms with Gasteiger partial charge in [-0.3, -0.25) is 0 Å². The summed E-state index contributed by atoms with van der Waals surface area (Å²) in [6.07, 6.45) is 3.47. The molecule has 0 rings (SSSR count). The van der Waals surface area contributed by atoms with Crippen molar-refractivity contribution >= 4 is 5.97 Å². The first kappa shape index (κ1) is 8.21. The van der Waals surface area contributed by atoms with Crippen molar-refractivity contribution in [2.45, 2.75) is 26.7 Å². The van der Waals surface area contributed by atoms with Crippen molar-refractivity contribution in [3.63, 3.8) is 0 Å². The van der Waals surface area contributed by atoms with Gasteiger partial charge >= 0.3 is 0 Å². The van der Waals surface area contributed by atoms with Gasteiger partial charge in [0.2, 0.25) is 0 Å². The second-order valence-electron chi connectivity index (χ2n) is 1.96. The van der Waals surface area contributed by atoms with E-state index < -0.39 is 5.97 Å². The third-order valence-corrected chi connectivity index (χ3v) is 1.06. The van der Waals surface area contributed by atoms with Gasteiger partial charge in [-0.25, -0.2) is 0 Å². The highest BCUT2D eigenvalue weighted by Crippen LogP contribution is 1.95. The molecular weight excluding hydrogens is 116 g/mol. The average molecular weight is 127 g/mol. The number of unbranched alkanes of at least 4 members (excludes halogenated alkanes) is 1. The zero-order valence-corrected chi connectivity index (χ0v) is 5.81. The van der Waals surface area contributed by atoms with Crippen molar-refractivity contribution in [2.24, 2.45) is 0 Å². The Morgan fingerprint density at radius 1 is 1.67 bits per heavy atom. The highest BCUT2D eigenvalue weighted by atomic mass is 16.4. The summed E-state index contributed by atoms with van der Waals surface area (Å²) in [7, 11) is 0. The molecule has 0 saturated carbocycles. The van der Waals surface area contributed by atoms with E-state index in [1.54, 1.807) is 13.0 Å². The summed E-state index contributed by atoms with van der Waals surface area (Å²) in [5.74, 6) is -1.07. The molecule has 0 fully saturated rings. The molecule has 0 aliphatic carbocycles. The topological polar surface area (TPSA) is 40.1 Å². The summed E-state index contributed by atoms with van der Waals surface area (Å²) in [5.41, 5.74) is 0.330. The van der Waals surface area contributed by atoms with Gasteiger partial charge in [-0.1, -0.05) is 19.4 Å². The number of aliphatic carboxylic acids is 1. The van der Waals surface area contributed by atoms with E-state index in [0.29, 0.717) is 5.57 Å². The first-order valence-electron chi connectivity index (χ1n) is 3.06. The number of carbonyl (C=O) groups is 1. The van der Waals surface area contributed by atoms with Gasteiger partial charge in [0.25, 0.3) is 0 Å². The smallest absolute Gasteiger partial charge is 0.0668 e. The van der Waals surface area contributed by atoms with Gasteiger partial charge in [0.1, 0.15) is 0 Å². The van der Waals surface area contributed by atoms with E-state index in [1.165, 1.54) is 0 Å². The lowest BCUT2D eigenvalue weighted by atomic mass is 10.2. The monoisotopic (exact) mass is 127 g/mol. The molecule has 2 nitrogen and oxygen atoms in total. The van der Waals surface area contributed by atoms with Crippen molar-refractivity contribution in [3.8, 4) is 0 Å². The van der Waals surface area contributed by atoms with Gasteiger partial charge in [0, 0.05) is 0 Å². The SMILES string of the molecule is CCC/C=C(\C)C(=O)[O-]. The number of carboxylic acid groups (broad SMARTS) is 1. The van der Waals surface area contributed by atoms with Crippen LogP contribution in [0.1, 0.15) is 26.7 Å². The Hall–Kier alpha value is -0.790. The largest absolute Gasteiger partial charge is 0.545 e. The standard InChI is InChI=1S/C7H12O2/c1-3-4-5-6(2)7(8)9/h5H,3-4H2,1-2H3,(H,8,9)/p-1/b6-5+. The predicted molar refractivity (Wildman–Crippen MR) is 33.7 cm³/mol. The van der Waals surface area contributed by atoms with E-state index in [4.69, 9.17) is 0 Å². The van der Waals surface area contributed by atoms with Crippen LogP contribution >= 0.6 is 0 Å². The minimum absolute atomic E-state index is 0.330. The minimum Gasteiger partial charge on any atom is -0.545 e. The van der Waals surface area contributed by atoms with Crippen molar-refractivity contribution in [1.29, 1.82) is 0 Å². The zero-order valence-electron chi connectivity index (χ0n) is 5.81. The molecule has 0 spiro atoms. The first-order valence-corrected chi connectivity index (χ1v) is 3.06. The summed E-state index contributed by atoms with van der Waals surface area (Å²) in [4.78, 5) is 10.0. The maximum atomic E-state index is 10.0. The highest BCUT2D eigenvalue weighted by molar-refractivity contribution is 5.83. The fourth-order valence-corrected chi connectivity index (χ4v) is 0.444. The Morgan fingerprint density at radius 3 is 2.56 bits per heavy atom. The number of hydrogen-bond acceptors (Lipinski definition) is 2. The fourth-order valence-electron chi connectivity index (χ4n) is 0.444. The van der Waals surface area contributed by atoms with E-state index in [0.717, 1.165) is 12.8 Å². The van der Waals surface area contributed by atoms with Gasteiger partial charge in [0.15, 0.2) is 0 Å². The fraction of sp³-hybridized carbons (Fsp3) is 0.571. The molecule has 0 atom stereocenters. The molecule has 0 unspecified atom stereocenters. The van der Waals surface area contributed by atoms with Crippen LogP contribution in [0.15, 0.2) is 11.6 Å². The molecule has 0 aliphatic rings. The van der Waals surface area contributed by atoms with E-state index in [1.807, 2.05) is 6.92 Å². The Morgan fingerprint density at radius 2 is 2.22 bits per heavy atom. The van der Waals surface area contributed by atoms with E-state index >= 15 is 0 Å². The Kier molecular flexibility index (Phi) is 3.76. The van der Waals surface area contributed by atoms with Gasteiger partial charge < -0.3 is 9.90 Å². The van der Waals surface area contributed by atoms with E-state index in [2.05, 4.69) is 0 Å². The molecule has 0 saturated heterocycles. The highest BCUT2D eigenvalue weighted by Gasteiger charge is 1.85. The number of rotatable bonds is 3. The Bertz CT molecular complexity index is 125. The normalized spacial score (nSPS) is 11.6. The molecule has 0 bridgehead atoms. The lowest BCUT2D eigenvalue weighted by molar-refractivity contribution is -0.299. The van der Waals surface area contributed by atoms with Gasteiger partial charge in [-0.15, -0.1) is 0 Å². The first-order chi connectivity index (χ1) is 4.18. The number of hydrogen-bond donors (Lipinski definition) is 0. The van der Waals surface area contributed by atoms with Crippen molar-refractivity contribution < 1.29 is 9.90 Å². The molecular formula is C7H11O2-. The third-order valence-electron chi connectivity index (χ3n) is 1.06. The van der Waals surface area contributed by atoms with Crippen LogP contribution in [0, 0.1) is 0 Å². The van der Waals surface area contributed by atoms with Gasteiger partial charge in [-0.05, 0) is 18.9 Å². The van der Waals surface area contributed by atoms with Crippen LogP contribution in [0.25, 0.3) is 0 Å².